The highest BCUT2D eigenvalue weighted by Gasteiger charge is 2.05. The zero-order chi connectivity index (χ0) is 9.94. The van der Waals surface area contributed by atoms with Crippen LogP contribution >= 0.6 is 0 Å². The van der Waals surface area contributed by atoms with E-state index in [2.05, 4.69) is 26.5 Å². The van der Waals surface area contributed by atoms with Gasteiger partial charge < -0.3 is 0 Å². The molecule has 0 radical (unpaired) electrons. The van der Waals surface area contributed by atoms with Crippen LogP contribution in [0.3, 0.4) is 0 Å². The average Bonchev–Trinajstić information content (AvgIpc) is 2.17. The fourth-order valence-corrected chi connectivity index (χ4v) is 1.77. The van der Waals surface area contributed by atoms with Crippen molar-refractivity contribution in [3.63, 3.8) is 0 Å². The van der Waals surface area contributed by atoms with Crippen molar-refractivity contribution in [3.8, 4) is 0 Å². The summed E-state index contributed by atoms with van der Waals surface area (Å²) in [6.45, 7) is 8.36. The van der Waals surface area contributed by atoms with Crippen LogP contribution in [-0.2, 0) is 0 Å². The molecule has 0 aromatic rings. The molecule has 78 valence electrons. The zero-order valence-electron chi connectivity index (χ0n) is 9.52. The Labute approximate surface area is 84.4 Å². The standard InChI is InChI=1S/C13H26/c1-4-7-10-13(11-8-5-2)12-9-6-3/h4,13H,1,5-12H2,2-3H3. The number of allylic oxidation sites excluding steroid dienone is 1. The summed E-state index contributed by atoms with van der Waals surface area (Å²) in [4.78, 5) is 0. The fraction of sp³-hybridized carbons (Fsp3) is 0.846. The van der Waals surface area contributed by atoms with E-state index in [1.807, 2.05) is 0 Å². The summed E-state index contributed by atoms with van der Waals surface area (Å²) in [6.07, 6.45) is 13.0. The van der Waals surface area contributed by atoms with Gasteiger partial charge in [-0.15, -0.1) is 6.58 Å². The Morgan fingerprint density at radius 1 is 1.00 bits per heavy atom. The van der Waals surface area contributed by atoms with E-state index in [4.69, 9.17) is 0 Å². The molecular weight excluding hydrogens is 156 g/mol. The van der Waals surface area contributed by atoms with Crippen LogP contribution in [0.2, 0.25) is 0 Å². The Bertz CT molecular complexity index is 96.6. The van der Waals surface area contributed by atoms with Crippen LogP contribution < -0.4 is 0 Å². The van der Waals surface area contributed by atoms with E-state index in [1.165, 1.54) is 51.4 Å². The maximum absolute atomic E-state index is 3.79. The first kappa shape index (κ1) is 12.7. The van der Waals surface area contributed by atoms with Crippen molar-refractivity contribution in [3.05, 3.63) is 12.7 Å². The third-order valence-electron chi connectivity index (χ3n) is 2.71. The van der Waals surface area contributed by atoms with E-state index in [1.54, 1.807) is 0 Å². The molecule has 0 unspecified atom stereocenters. The first-order valence-corrected chi connectivity index (χ1v) is 5.96. The van der Waals surface area contributed by atoms with Crippen LogP contribution in [0.5, 0.6) is 0 Å². The van der Waals surface area contributed by atoms with Gasteiger partial charge in [0.2, 0.25) is 0 Å². The topological polar surface area (TPSA) is 0 Å². The lowest BCUT2D eigenvalue weighted by Crippen LogP contribution is -2.00. The summed E-state index contributed by atoms with van der Waals surface area (Å²) >= 11 is 0. The monoisotopic (exact) mass is 182 g/mol. The van der Waals surface area contributed by atoms with Crippen molar-refractivity contribution >= 4 is 0 Å². The van der Waals surface area contributed by atoms with Gasteiger partial charge in [0.15, 0.2) is 0 Å². The summed E-state index contributed by atoms with van der Waals surface area (Å²) in [5.74, 6) is 0.970. The molecule has 0 bridgehead atoms. The quantitative estimate of drug-likeness (QED) is 0.443. The lowest BCUT2D eigenvalue weighted by atomic mass is 9.92. The van der Waals surface area contributed by atoms with Crippen LogP contribution in [0.1, 0.15) is 65.2 Å². The van der Waals surface area contributed by atoms with E-state index in [9.17, 15) is 0 Å². The SMILES string of the molecule is C=CCCC(CCCC)CCCC. The molecule has 0 spiro atoms. The molecule has 0 atom stereocenters. The molecule has 0 heteroatoms. The number of hydrogen-bond donors (Lipinski definition) is 0. The van der Waals surface area contributed by atoms with Gasteiger partial charge in [-0.05, 0) is 18.8 Å². The molecule has 0 saturated carbocycles. The maximum atomic E-state index is 3.79. The van der Waals surface area contributed by atoms with Crippen LogP contribution in [0.25, 0.3) is 0 Å². The van der Waals surface area contributed by atoms with Crippen LogP contribution in [0.15, 0.2) is 12.7 Å². The third kappa shape index (κ3) is 8.08. The first-order valence-electron chi connectivity index (χ1n) is 5.96. The van der Waals surface area contributed by atoms with Crippen molar-refractivity contribution < 1.29 is 0 Å². The molecule has 0 amide bonds. The van der Waals surface area contributed by atoms with Crippen LogP contribution in [-0.4, -0.2) is 0 Å². The minimum absolute atomic E-state index is 0.970. The summed E-state index contributed by atoms with van der Waals surface area (Å²) < 4.78 is 0. The Morgan fingerprint density at radius 2 is 1.54 bits per heavy atom. The van der Waals surface area contributed by atoms with E-state index < -0.39 is 0 Å². The number of unbranched alkanes of at least 4 members (excludes halogenated alkanes) is 2. The minimum Gasteiger partial charge on any atom is -0.103 e. The summed E-state index contributed by atoms with van der Waals surface area (Å²) in [5, 5.41) is 0. The second-order valence-electron chi connectivity index (χ2n) is 4.02. The number of rotatable bonds is 9. The average molecular weight is 182 g/mol. The Morgan fingerprint density at radius 3 is 1.92 bits per heavy atom. The normalized spacial score (nSPS) is 10.7. The van der Waals surface area contributed by atoms with E-state index in [0.29, 0.717) is 0 Å². The largest absolute Gasteiger partial charge is 0.103 e. The van der Waals surface area contributed by atoms with Crippen LogP contribution in [0.4, 0.5) is 0 Å². The van der Waals surface area contributed by atoms with Gasteiger partial charge in [-0.25, -0.2) is 0 Å². The van der Waals surface area contributed by atoms with Crippen molar-refractivity contribution in [2.45, 2.75) is 65.2 Å². The van der Waals surface area contributed by atoms with Gasteiger partial charge in [0.05, 0.1) is 0 Å². The second-order valence-corrected chi connectivity index (χ2v) is 4.02. The minimum atomic E-state index is 0.970. The van der Waals surface area contributed by atoms with E-state index >= 15 is 0 Å². The highest BCUT2D eigenvalue weighted by atomic mass is 14.1. The van der Waals surface area contributed by atoms with Gasteiger partial charge in [-0.1, -0.05) is 58.4 Å². The molecule has 0 aliphatic carbocycles. The van der Waals surface area contributed by atoms with E-state index in [-0.39, 0.29) is 0 Å². The summed E-state index contributed by atoms with van der Waals surface area (Å²) in [5.41, 5.74) is 0. The first-order chi connectivity index (χ1) is 6.35. The molecule has 13 heavy (non-hydrogen) atoms. The Balaban J connectivity index is 3.52. The van der Waals surface area contributed by atoms with Gasteiger partial charge in [0, 0.05) is 0 Å². The molecule has 0 fully saturated rings. The van der Waals surface area contributed by atoms with Crippen molar-refractivity contribution in [2.75, 3.05) is 0 Å². The summed E-state index contributed by atoms with van der Waals surface area (Å²) in [7, 11) is 0. The predicted octanol–water partition coefficient (Wildman–Crippen LogP) is 4.95. The highest BCUT2D eigenvalue weighted by Crippen LogP contribution is 2.21. The molecule has 0 heterocycles. The summed E-state index contributed by atoms with van der Waals surface area (Å²) in [6, 6.07) is 0. The number of hydrogen-bond acceptors (Lipinski definition) is 0. The third-order valence-corrected chi connectivity index (χ3v) is 2.71. The molecular formula is C13H26. The molecule has 0 N–H and O–H groups in total. The van der Waals surface area contributed by atoms with Gasteiger partial charge in [-0.2, -0.15) is 0 Å². The lowest BCUT2D eigenvalue weighted by molar-refractivity contribution is 0.396. The van der Waals surface area contributed by atoms with Gasteiger partial charge in [-0.3, -0.25) is 0 Å². The fourth-order valence-electron chi connectivity index (χ4n) is 1.77. The van der Waals surface area contributed by atoms with Gasteiger partial charge in [0.1, 0.15) is 0 Å². The van der Waals surface area contributed by atoms with Crippen LogP contribution in [0, 0.1) is 5.92 Å². The second kappa shape index (κ2) is 9.83. The molecule has 0 aliphatic rings. The Hall–Kier alpha value is -0.260. The van der Waals surface area contributed by atoms with E-state index in [0.717, 1.165) is 5.92 Å². The molecule has 0 saturated heterocycles. The van der Waals surface area contributed by atoms with Crippen molar-refractivity contribution in [2.24, 2.45) is 5.92 Å². The maximum Gasteiger partial charge on any atom is -0.0351 e. The van der Waals surface area contributed by atoms with Gasteiger partial charge in [0.25, 0.3) is 0 Å². The predicted molar refractivity (Wildman–Crippen MR) is 62.0 cm³/mol. The smallest absolute Gasteiger partial charge is 0.0351 e. The molecule has 0 aromatic carbocycles. The molecule has 0 rings (SSSR count). The highest BCUT2D eigenvalue weighted by molar-refractivity contribution is 4.70. The van der Waals surface area contributed by atoms with Gasteiger partial charge >= 0.3 is 0 Å². The molecule has 0 nitrogen and oxygen atoms in total. The lowest BCUT2D eigenvalue weighted by Gasteiger charge is -2.14. The molecule has 0 aliphatic heterocycles. The van der Waals surface area contributed by atoms with Crippen molar-refractivity contribution in [1.29, 1.82) is 0 Å². The Kier molecular flexibility index (Phi) is 9.63. The zero-order valence-corrected chi connectivity index (χ0v) is 9.52. The molecule has 0 aromatic heterocycles. The van der Waals surface area contributed by atoms with Crippen molar-refractivity contribution in [1.82, 2.24) is 0 Å².